The van der Waals surface area contributed by atoms with E-state index in [2.05, 4.69) is 26.5 Å². The molecule has 0 saturated carbocycles. The van der Waals surface area contributed by atoms with Gasteiger partial charge in [0, 0.05) is 12.1 Å². The van der Waals surface area contributed by atoms with Crippen molar-refractivity contribution >= 4 is 43.8 Å². The summed E-state index contributed by atoms with van der Waals surface area (Å²) in [6.45, 7) is 1.27. The number of amides is 1. The van der Waals surface area contributed by atoms with Gasteiger partial charge in [0.1, 0.15) is 29.6 Å². The minimum atomic E-state index is -3.79. The highest BCUT2D eigenvalue weighted by atomic mass is 79.9. The summed E-state index contributed by atoms with van der Waals surface area (Å²) in [5.41, 5.74) is 2.45. The molecule has 0 atom stereocenters. The summed E-state index contributed by atoms with van der Waals surface area (Å²) in [6, 6.07) is 6.34. The highest BCUT2D eigenvalue weighted by Crippen LogP contribution is 2.33. The second-order valence-electron chi connectivity index (χ2n) is 5.65. The van der Waals surface area contributed by atoms with Crippen molar-refractivity contribution in [2.24, 2.45) is 5.10 Å². The van der Waals surface area contributed by atoms with Crippen molar-refractivity contribution in [2.45, 2.75) is 6.92 Å². The molecule has 2 aromatic rings. The van der Waals surface area contributed by atoms with E-state index < -0.39 is 22.5 Å². The highest BCUT2D eigenvalue weighted by Gasteiger charge is 2.24. The molecule has 1 amide bonds. The van der Waals surface area contributed by atoms with Gasteiger partial charge >= 0.3 is 0 Å². The van der Waals surface area contributed by atoms with Crippen molar-refractivity contribution in [3.63, 3.8) is 0 Å². The summed E-state index contributed by atoms with van der Waals surface area (Å²) in [5, 5.41) is 3.78. The molecular weight excluding hydrogens is 454 g/mol. The van der Waals surface area contributed by atoms with E-state index >= 15 is 0 Å². The van der Waals surface area contributed by atoms with Crippen LogP contribution in [0.5, 0.6) is 11.5 Å². The first kappa shape index (κ1) is 21.8. The molecule has 0 saturated heterocycles. The Kier molecular flexibility index (Phi) is 7.08. The third-order valence-corrected chi connectivity index (χ3v) is 5.51. The van der Waals surface area contributed by atoms with E-state index in [4.69, 9.17) is 13.9 Å². The topological polar surface area (TPSA) is 110 Å². The van der Waals surface area contributed by atoms with E-state index in [1.54, 1.807) is 25.1 Å². The van der Waals surface area contributed by atoms with Crippen molar-refractivity contribution in [1.29, 1.82) is 0 Å². The Morgan fingerprint density at radius 1 is 1.32 bits per heavy atom. The lowest BCUT2D eigenvalue weighted by Crippen LogP contribution is -2.39. The number of ether oxygens (including phenoxy) is 2. The van der Waals surface area contributed by atoms with Gasteiger partial charge in [0.05, 0.1) is 36.9 Å². The van der Waals surface area contributed by atoms with Crippen LogP contribution < -0.4 is 19.2 Å². The van der Waals surface area contributed by atoms with Gasteiger partial charge in [-0.3, -0.25) is 9.10 Å². The second-order valence-corrected chi connectivity index (χ2v) is 8.41. The molecule has 0 unspecified atom stereocenters. The van der Waals surface area contributed by atoms with Crippen molar-refractivity contribution in [1.82, 2.24) is 5.43 Å². The number of carbonyl (C=O) groups excluding carboxylic acids is 1. The van der Waals surface area contributed by atoms with Gasteiger partial charge in [-0.1, -0.05) is 0 Å². The predicted octanol–water partition coefficient (Wildman–Crippen LogP) is 2.28. The molecule has 0 fully saturated rings. The fourth-order valence-electron chi connectivity index (χ4n) is 2.25. The van der Waals surface area contributed by atoms with Gasteiger partial charge in [0.15, 0.2) is 0 Å². The first-order chi connectivity index (χ1) is 13.2. The SMILES string of the molecule is COc1ccc(OC)c(N(CC(=O)N/N=C/c2cc(Br)c(C)o2)S(C)(=O)=O)c1. The summed E-state index contributed by atoms with van der Waals surface area (Å²) in [7, 11) is -0.936. The number of furan rings is 1. The number of hydrazone groups is 1. The van der Waals surface area contributed by atoms with E-state index in [0.29, 0.717) is 17.3 Å². The fraction of sp³-hybridized carbons (Fsp3) is 0.294. The molecule has 152 valence electrons. The zero-order valence-electron chi connectivity index (χ0n) is 15.7. The van der Waals surface area contributed by atoms with Gasteiger partial charge in [-0.2, -0.15) is 5.10 Å². The fourth-order valence-corrected chi connectivity index (χ4v) is 3.41. The van der Waals surface area contributed by atoms with Crippen LogP contribution in [-0.2, 0) is 14.8 Å². The standard InChI is InChI=1S/C17H20BrN3O6S/c1-11-14(18)7-13(27-11)9-19-20-17(22)10-21(28(4,23)24)15-8-12(25-2)5-6-16(15)26-3/h5-9H,10H2,1-4H3,(H,20,22)/b19-9+. The lowest BCUT2D eigenvalue weighted by atomic mass is 10.2. The molecule has 11 heteroatoms. The number of nitrogens with one attached hydrogen (secondary N) is 1. The van der Waals surface area contributed by atoms with E-state index in [1.807, 2.05) is 0 Å². The summed E-state index contributed by atoms with van der Waals surface area (Å²) in [6.07, 6.45) is 2.30. The summed E-state index contributed by atoms with van der Waals surface area (Å²) in [5.74, 6) is 1.15. The molecule has 9 nitrogen and oxygen atoms in total. The van der Waals surface area contributed by atoms with Crippen LogP contribution in [0.25, 0.3) is 0 Å². The number of hydrogen-bond donors (Lipinski definition) is 1. The lowest BCUT2D eigenvalue weighted by molar-refractivity contribution is -0.119. The van der Waals surface area contributed by atoms with Crippen LogP contribution in [0, 0.1) is 6.92 Å². The smallest absolute Gasteiger partial charge is 0.260 e. The molecule has 0 radical (unpaired) electrons. The number of nitrogens with zero attached hydrogens (tertiary/aromatic N) is 2. The number of methoxy groups -OCH3 is 2. The number of benzene rings is 1. The van der Waals surface area contributed by atoms with Gasteiger partial charge in [-0.25, -0.2) is 13.8 Å². The largest absolute Gasteiger partial charge is 0.497 e. The molecule has 0 aliphatic rings. The molecule has 2 rings (SSSR count). The monoisotopic (exact) mass is 473 g/mol. The maximum absolute atomic E-state index is 12.3. The number of hydrogen-bond acceptors (Lipinski definition) is 7. The minimum absolute atomic E-state index is 0.175. The van der Waals surface area contributed by atoms with Gasteiger partial charge < -0.3 is 13.9 Å². The normalized spacial score (nSPS) is 11.5. The van der Waals surface area contributed by atoms with Crippen molar-refractivity contribution in [3.8, 4) is 11.5 Å². The molecule has 1 N–H and O–H groups in total. The Labute approximate surface area is 171 Å². The van der Waals surface area contributed by atoms with Crippen LogP contribution in [0.1, 0.15) is 11.5 Å². The zero-order chi connectivity index (χ0) is 20.9. The zero-order valence-corrected chi connectivity index (χ0v) is 18.1. The van der Waals surface area contributed by atoms with Crippen LogP contribution >= 0.6 is 15.9 Å². The van der Waals surface area contributed by atoms with E-state index in [-0.39, 0.29) is 11.4 Å². The molecule has 0 bridgehead atoms. The maximum Gasteiger partial charge on any atom is 0.260 e. The number of halogens is 1. The average Bonchev–Trinajstić information content (AvgIpc) is 2.95. The number of carbonyl (C=O) groups is 1. The van der Waals surface area contributed by atoms with E-state index in [1.165, 1.54) is 26.5 Å². The third-order valence-electron chi connectivity index (χ3n) is 3.60. The lowest BCUT2D eigenvalue weighted by Gasteiger charge is -2.23. The molecule has 28 heavy (non-hydrogen) atoms. The Morgan fingerprint density at radius 3 is 2.57 bits per heavy atom. The average molecular weight is 474 g/mol. The van der Waals surface area contributed by atoms with Crippen molar-refractivity contribution in [2.75, 3.05) is 31.3 Å². The molecule has 1 heterocycles. The Balaban J connectivity index is 2.20. The maximum atomic E-state index is 12.3. The molecular formula is C17H20BrN3O6S. The van der Waals surface area contributed by atoms with Gasteiger partial charge in [0.2, 0.25) is 10.0 Å². The number of rotatable bonds is 8. The van der Waals surface area contributed by atoms with Gasteiger partial charge in [0.25, 0.3) is 5.91 Å². The Hall–Kier alpha value is -2.53. The van der Waals surface area contributed by atoms with Gasteiger partial charge in [-0.15, -0.1) is 0 Å². The Bertz CT molecular complexity index is 967. The van der Waals surface area contributed by atoms with Crippen LogP contribution in [0.3, 0.4) is 0 Å². The van der Waals surface area contributed by atoms with Gasteiger partial charge in [-0.05, 0) is 35.0 Å². The Morgan fingerprint density at radius 2 is 2.04 bits per heavy atom. The number of sulfonamides is 1. The molecule has 0 aliphatic heterocycles. The first-order valence-corrected chi connectivity index (χ1v) is 10.6. The first-order valence-electron chi connectivity index (χ1n) is 7.93. The van der Waals surface area contributed by atoms with Crippen LogP contribution in [0.15, 0.2) is 38.3 Å². The van der Waals surface area contributed by atoms with Crippen LogP contribution in [0.2, 0.25) is 0 Å². The molecule has 1 aromatic carbocycles. The summed E-state index contributed by atoms with van der Waals surface area (Å²) >= 11 is 3.30. The predicted molar refractivity (Wildman–Crippen MR) is 109 cm³/mol. The summed E-state index contributed by atoms with van der Waals surface area (Å²) in [4.78, 5) is 12.2. The van der Waals surface area contributed by atoms with E-state index in [9.17, 15) is 13.2 Å². The summed E-state index contributed by atoms with van der Waals surface area (Å²) < 4.78 is 41.9. The van der Waals surface area contributed by atoms with E-state index in [0.717, 1.165) is 15.0 Å². The highest BCUT2D eigenvalue weighted by molar-refractivity contribution is 9.10. The molecule has 0 spiro atoms. The van der Waals surface area contributed by atoms with Crippen LogP contribution in [0.4, 0.5) is 5.69 Å². The number of anilines is 1. The quantitative estimate of drug-likeness (QED) is 0.465. The molecule has 0 aliphatic carbocycles. The minimum Gasteiger partial charge on any atom is -0.497 e. The number of aryl methyl sites for hydroxylation is 1. The molecule has 1 aromatic heterocycles. The van der Waals surface area contributed by atoms with Crippen molar-refractivity contribution in [3.05, 3.63) is 40.3 Å². The van der Waals surface area contributed by atoms with Crippen molar-refractivity contribution < 1.29 is 27.1 Å². The second kappa shape index (κ2) is 9.11. The van der Waals surface area contributed by atoms with Crippen LogP contribution in [-0.4, -0.2) is 47.6 Å². The third kappa shape index (κ3) is 5.49.